The zero-order chi connectivity index (χ0) is 11.3. The van der Waals surface area contributed by atoms with E-state index >= 15 is 0 Å². The van der Waals surface area contributed by atoms with Crippen LogP contribution in [-0.4, -0.2) is 35.1 Å². The number of carbonyl (C=O) groups is 1. The molecule has 3 heteroatoms. The van der Waals surface area contributed by atoms with Crippen LogP contribution in [0.5, 0.6) is 0 Å². The second-order valence-corrected chi connectivity index (χ2v) is 4.65. The van der Waals surface area contributed by atoms with Gasteiger partial charge >= 0.3 is 5.97 Å². The SMILES string of the molecule is CCN(CCC(=O)O)C(C)CC1CCC1. The van der Waals surface area contributed by atoms with Crippen LogP contribution >= 0.6 is 0 Å². The molecule has 0 aliphatic heterocycles. The Morgan fingerprint density at radius 3 is 2.60 bits per heavy atom. The molecule has 0 amide bonds. The van der Waals surface area contributed by atoms with Crippen molar-refractivity contribution >= 4 is 5.97 Å². The van der Waals surface area contributed by atoms with Crippen LogP contribution in [0.15, 0.2) is 0 Å². The minimum absolute atomic E-state index is 0.267. The third-order valence-corrected chi connectivity index (χ3v) is 3.54. The van der Waals surface area contributed by atoms with Gasteiger partial charge in [-0.3, -0.25) is 4.79 Å². The van der Waals surface area contributed by atoms with Gasteiger partial charge in [-0.1, -0.05) is 26.2 Å². The van der Waals surface area contributed by atoms with Gasteiger partial charge in [-0.15, -0.1) is 0 Å². The summed E-state index contributed by atoms with van der Waals surface area (Å²) in [4.78, 5) is 12.8. The second kappa shape index (κ2) is 6.11. The molecule has 88 valence electrons. The van der Waals surface area contributed by atoms with E-state index in [4.69, 9.17) is 5.11 Å². The van der Waals surface area contributed by atoms with Crippen molar-refractivity contribution in [3.05, 3.63) is 0 Å². The third kappa shape index (κ3) is 4.20. The smallest absolute Gasteiger partial charge is 0.304 e. The Kier molecular flexibility index (Phi) is 5.09. The molecule has 0 spiro atoms. The highest BCUT2D eigenvalue weighted by molar-refractivity contribution is 5.66. The van der Waals surface area contributed by atoms with Gasteiger partial charge in [0.1, 0.15) is 0 Å². The predicted octanol–water partition coefficient (Wildman–Crippen LogP) is 2.36. The van der Waals surface area contributed by atoms with E-state index in [0.717, 1.165) is 12.5 Å². The molecule has 0 aromatic rings. The van der Waals surface area contributed by atoms with Crippen molar-refractivity contribution < 1.29 is 9.90 Å². The fourth-order valence-corrected chi connectivity index (χ4v) is 2.29. The maximum Gasteiger partial charge on any atom is 0.304 e. The van der Waals surface area contributed by atoms with Crippen molar-refractivity contribution in [2.75, 3.05) is 13.1 Å². The summed E-state index contributed by atoms with van der Waals surface area (Å²) in [7, 11) is 0. The molecule has 1 N–H and O–H groups in total. The zero-order valence-electron chi connectivity index (χ0n) is 9.91. The fraction of sp³-hybridized carbons (Fsp3) is 0.917. The molecule has 0 bridgehead atoms. The first kappa shape index (κ1) is 12.5. The molecule has 0 radical (unpaired) electrons. The lowest BCUT2D eigenvalue weighted by Gasteiger charge is -2.34. The topological polar surface area (TPSA) is 40.5 Å². The molecule has 1 aliphatic rings. The van der Waals surface area contributed by atoms with Crippen LogP contribution in [0.1, 0.15) is 46.0 Å². The van der Waals surface area contributed by atoms with E-state index in [1.807, 2.05) is 0 Å². The van der Waals surface area contributed by atoms with E-state index in [9.17, 15) is 4.79 Å². The summed E-state index contributed by atoms with van der Waals surface area (Å²) in [5, 5.41) is 8.65. The average Bonchev–Trinajstić information content (AvgIpc) is 2.12. The Balaban J connectivity index is 2.24. The standard InChI is InChI=1S/C12H23NO2/c1-3-13(8-7-12(14)15)10(2)9-11-5-4-6-11/h10-11H,3-9H2,1-2H3,(H,14,15). The molecule has 1 saturated carbocycles. The van der Waals surface area contributed by atoms with Crippen LogP contribution in [0.3, 0.4) is 0 Å². The van der Waals surface area contributed by atoms with Gasteiger partial charge in [0.25, 0.3) is 0 Å². The van der Waals surface area contributed by atoms with Crippen molar-refractivity contribution in [2.45, 2.75) is 52.0 Å². The molecule has 1 fully saturated rings. The van der Waals surface area contributed by atoms with Crippen molar-refractivity contribution in [1.82, 2.24) is 4.90 Å². The lowest BCUT2D eigenvalue weighted by Crippen LogP contribution is -2.37. The maximum absolute atomic E-state index is 10.5. The van der Waals surface area contributed by atoms with Gasteiger partial charge in [0.05, 0.1) is 6.42 Å². The Bertz CT molecular complexity index is 202. The quantitative estimate of drug-likeness (QED) is 0.705. The van der Waals surface area contributed by atoms with Gasteiger partial charge in [-0.25, -0.2) is 0 Å². The van der Waals surface area contributed by atoms with Crippen molar-refractivity contribution in [3.63, 3.8) is 0 Å². The minimum Gasteiger partial charge on any atom is -0.481 e. The summed E-state index contributed by atoms with van der Waals surface area (Å²) in [5.74, 6) is 0.211. The number of carboxylic acid groups (broad SMARTS) is 1. The van der Waals surface area contributed by atoms with E-state index in [0.29, 0.717) is 12.6 Å². The van der Waals surface area contributed by atoms with Crippen LogP contribution in [0.2, 0.25) is 0 Å². The molecule has 0 heterocycles. The summed E-state index contributed by atoms with van der Waals surface area (Å²) in [6.07, 6.45) is 5.65. The number of aliphatic carboxylic acids is 1. The van der Waals surface area contributed by atoms with Crippen molar-refractivity contribution in [1.29, 1.82) is 0 Å². The summed E-state index contributed by atoms with van der Waals surface area (Å²) < 4.78 is 0. The van der Waals surface area contributed by atoms with E-state index in [2.05, 4.69) is 18.7 Å². The van der Waals surface area contributed by atoms with E-state index in [1.54, 1.807) is 0 Å². The third-order valence-electron chi connectivity index (χ3n) is 3.54. The molecule has 0 saturated heterocycles. The average molecular weight is 213 g/mol. The lowest BCUT2D eigenvalue weighted by atomic mass is 9.81. The molecule has 0 aromatic carbocycles. The summed E-state index contributed by atoms with van der Waals surface area (Å²) >= 11 is 0. The first-order valence-electron chi connectivity index (χ1n) is 6.09. The van der Waals surface area contributed by atoms with Crippen LogP contribution in [0, 0.1) is 5.92 Å². The number of hydrogen-bond donors (Lipinski definition) is 1. The molecule has 1 unspecified atom stereocenters. The highest BCUT2D eigenvalue weighted by atomic mass is 16.4. The molecular weight excluding hydrogens is 190 g/mol. The number of hydrogen-bond acceptors (Lipinski definition) is 2. The van der Waals surface area contributed by atoms with Crippen molar-refractivity contribution in [3.8, 4) is 0 Å². The van der Waals surface area contributed by atoms with Crippen LogP contribution in [0.25, 0.3) is 0 Å². The number of nitrogens with zero attached hydrogens (tertiary/aromatic N) is 1. The zero-order valence-corrected chi connectivity index (χ0v) is 9.91. The molecule has 1 rings (SSSR count). The molecule has 0 aromatic heterocycles. The largest absolute Gasteiger partial charge is 0.481 e. The van der Waals surface area contributed by atoms with Gasteiger partial charge in [0.2, 0.25) is 0 Å². The molecular formula is C12H23NO2. The number of carboxylic acids is 1. The minimum atomic E-state index is -0.690. The summed E-state index contributed by atoms with van der Waals surface area (Å²) in [6.45, 7) is 5.99. The Hall–Kier alpha value is -0.570. The van der Waals surface area contributed by atoms with Crippen LogP contribution in [0.4, 0.5) is 0 Å². The Morgan fingerprint density at radius 2 is 2.20 bits per heavy atom. The highest BCUT2D eigenvalue weighted by Gasteiger charge is 2.22. The van der Waals surface area contributed by atoms with Gasteiger partial charge < -0.3 is 10.0 Å². The lowest BCUT2D eigenvalue weighted by molar-refractivity contribution is -0.137. The van der Waals surface area contributed by atoms with Gasteiger partial charge in [0, 0.05) is 12.6 Å². The van der Waals surface area contributed by atoms with E-state index in [-0.39, 0.29) is 6.42 Å². The predicted molar refractivity (Wildman–Crippen MR) is 60.9 cm³/mol. The number of rotatable bonds is 7. The van der Waals surface area contributed by atoms with Gasteiger partial charge in [-0.05, 0) is 25.8 Å². The first-order chi connectivity index (χ1) is 7.13. The first-order valence-corrected chi connectivity index (χ1v) is 6.09. The monoisotopic (exact) mass is 213 g/mol. The fourth-order valence-electron chi connectivity index (χ4n) is 2.29. The highest BCUT2D eigenvalue weighted by Crippen LogP contribution is 2.31. The van der Waals surface area contributed by atoms with Crippen LogP contribution in [-0.2, 0) is 4.79 Å². The second-order valence-electron chi connectivity index (χ2n) is 4.65. The van der Waals surface area contributed by atoms with Crippen molar-refractivity contribution in [2.24, 2.45) is 5.92 Å². The molecule has 3 nitrogen and oxygen atoms in total. The molecule has 1 aliphatic carbocycles. The van der Waals surface area contributed by atoms with Gasteiger partial charge in [0.15, 0.2) is 0 Å². The summed E-state index contributed by atoms with van der Waals surface area (Å²) in [5.41, 5.74) is 0. The van der Waals surface area contributed by atoms with E-state index in [1.165, 1.54) is 25.7 Å². The molecule has 1 atom stereocenters. The van der Waals surface area contributed by atoms with Crippen LogP contribution < -0.4 is 0 Å². The van der Waals surface area contributed by atoms with Gasteiger partial charge in [-0.2, -0.15) is 0 Å². The van der Waals surface area contributed by atoms with E-state index < -0.39 is 5.97 Å². The normalized spacial score (nSPS) is 18.9. The molecule has 15 heavy (non-hydrogen) atoms. The summed E-state index contributed by atoms with van der Waals surface area (Å²) in [6, 6.07) is 0.541. The maximum atomic E-state index is 10.5. The Morgan fingerprint density at radius 1 is 1.53 bits per heavy atom. The Labute approximate surface area is 92.5 Å².